The van der Waals surface area contributed by atoms with E-state index in [-0.39, 0.29) is 0 Å². The zero-order valence-electron chi connectivity index (χ0n) is 25.0. The average molecular weight is 609 g/mol. The van der Waals surface area contributed by atoms with Gasteiger partial charge < -0.3 is 4.57 Å². The number of fused-ring (bicyclic) bond motifs is 9. The van der Waals surface area contributed by atoms with Crippen molar-refractivity contribution in [2.45, 2.75) is 22.6 Å². The maximum atomic E-state index is 13.3. The number of benzene rings is 7. The zero-order chi connectivity index (χ0) is 30.6. The van der Waals surface area contributed by atoms with E-state index < -0.39 is 9.73 Å². The largest absolute Gasteiger partial charge is 0.309 e. The lowest BCUT2D eigenvalue weighted by Crippen LogP contribution is -2.07. The van der Waals surface area contributed by atoms with Crippen LogP contribution in [-0.4, -0.2) is 8.78 Å². The Kier molecular flexibility index (Phi) is 5.22. The lowest BCUT2D eigenvalue weighted by Gasteiger charge is -2.22. The highest BCUT2D eigenvalue weighted by molar-refractivity contribution is 7.93. The summed E-state index contributed by atoms with van der Waals surface area (Å²) in [5.41, 5.74) is 13.2. The molecular formula is C42H28N2OS. The molecule has 1 aliphatic heterocycles. The van der Waals surface area contributed by atoms with E-state index in [9.17, 15) is 4.21 Å². The number of hydrogen-bond donors (Lipinski definition) is 1. The van der Waals surface area contributed by atoms with Gasteiger partial charge in [-0.1, -0.05) is 97.1 Å². The van der Waals surface area contributed by atoms with Gasteiger partial charge in [0.05, 0.1) is 20.8 Å². The van der Waals surface area contributed by atoms with Crippen molar-refractivity contribution in [1.29, 1.82) is 4.78 Å². The fourth-order valence-corrected chi connectivity index (χ4v) is 9.56. The summed E-state index contributed by atoms with van der Waals surface area (Å²) in [6.07, 6.45) is 1.82. The molecule has 0 bridgehead atoms. The molecule has 0 spiro atoms. The van der Waals surface area contributed by atoms with Crippen LogP contribution in [0.1, 0.15) is 22.3 Å². The zero-order valence-corrected chi connectivity index (χ0v) is 25.8. The van der Waals surface area contributed by atoms with Crippen molar-refractivity contribution in [3.63, 3.8) is 0 Å². The Morgan fingerprint density at radius 1 is 0.500 bits per heavy atom. The summed E-state index contributed by atoms with van der Waals surface area (Å²) in [5.74, 6) is 0. The van der Waals surface area contributed by atoms with E-state index in [4.69, 9.17) is 4.78 Å². The van der Waals surface area contributed by atoms with Gasteiger partial charge >= 0.3 is 0 Å². The van der Waals surface area contributed by atoms with E-state index in [2.05, 4.69) is 108 Å². The highest BCUT2D eigenvalue weighted by Crippen LogP contribution is 2.45. The van der Waals surface area contributed by atoms with Crippen LogP contribution in [0.3, 0.4) is 0 Å². The molecular weight excluding hydrogens is 581 g/mol. The molecule has 10 rings (SSSR count). The summed E-state index contributed by atoms with van der Waals surface area (Å²) < 4.78 is 24.3. The number of hydrogen-bond acceptors (Lipinski definition) is 2. The second-order valence-corrected chi connectivity index (χ2v) is 14.6. The molecule has 8 aromatic rings. The second-order valence-electron chi connectivity index (χ2n) is 12.6. The normalized spacial score (nSPS) is 16.3. The Labute approximate surface area is 267 Å². The molecule has 0 radical (unpaired) electrons. The Morgan fingerprint density at radius 3 is 1.91 bits per heavy atom. The number of nitrogens with one attached hydrogen (secondary N) is 1. The van der Waals surface area contributed by atoms with Crippen molar-refractivity contribution in [2.24, 2.45) is 0 Å². The van der Waals surface area contributed by atoms with Gasteiger partial charge in [0.2, 0.25) is 0 Å². The topological polar surface area (TPSA) is 45.9 Å². The highest BCUT2D eigenvalue weighted by atomic mass is 32.2. The van der Waals surface area contributed by atoms with Gasteiger partial charge in [0.15, 0.2) is 0 Å². The number of para-hydroxylation sites is 2. The molecule has 0 amide bonds. The van der Waals surface area contributed by atoms with Crippen LogP contribution in [0.25, 0.3) is 60.5 Å². The minimum Gasteiger partial charge on any atom is -0.309 e. The maximum Gasteiger partial charge on any atom is 0.102 e. The third-order valence-corrected chi connectivity index (χ3v) is 12.0. The fourth-order valence-electron chi connectivity index (χ4n) is 7.83. The number of aromatic nitrogens is 1. The monoisotopic (exact) mass is 608 g/mol. The van der Waals surface area contributed by atoms with E-state index in [0.29, 0.717) is 9.79 Å². The van der Waals surface area contributed by atoms with Gasteiger partial charge in [-0.05, 0) is 99.5 Å². The van der Waals surface area contributed by atoms with Crippen LogP contribution in [0.4, 0.5) is 0 Å². The maximum absolute atomic E-state index is 13.3. The molecule has 1 aliphatic carbocycles. The van der Waals surface area contributed by atoms with Gasteiger partial charge in [-0.25, -0.2) is 8.99 Å². The first kappa shape index (κ1) is 25.8. The first-order valence-electron chi connectivity index (χ1n) is 15.7. The molecule has 0 fully saturated rings. The standard InChI is InChI=1S/C42H28N2OS/c43-46(45)41-12-6-3-9-37(41)38-25-29(16-18-42(38)46)26-13-14-27-20-32-23-33-24-34(17-15-28(33)21-31(32)22-30(27)19-26)44-39-10-4-1-7-35(39)36-8-2-5-11-40(36)44/h1-19,21,23-25,43H,20,22H2. The van der Waals surface area contributed by atoms with Crippen molar-refractivity contribution in [3.8, 4) is 27.9 Å². The van der Waals surface area contributed by atoms with Crippen LogP contribution >= 0.6 is 0 Å². The van der Waals surface area contributed by atoms with Gasteiger partial charge in [-0.2, -0.15) is 0 Å². The Hall–Kier alpha value is -5.45. The van der Waals surface area contributed by atoms with Crippen LogP contribution in [0, 0.1) is 4.78 Å². The Morgan fingerprint density at radius 2 is 1.11 bits per heavy atom. The lowest BCUT2D eigenvalue weighted by molar-refractivity contribution is 0.676. The predicted molar refractivity (Wildman–Crippen MR) is 189 cm³/mol. The SMILES string of the molecule is N=S1(=O)c2ccccc2-c2cc(-c3ccc4c(c3)Cc3cc5ccc(-n6c7ccccc7c7ccccc76)cc5cc3C4)ccc21. The van der Waals surface area contributed by atoms with Crippen LogP contribution in [-0.2, 0) is 22.6 Å². The third-order valence-electron chi connectivity index (χ3n) is 10.1. The number of rotatable bonds is 2. The highest BCUT2D eigenvalue weighted by Gasteiger charge is 2.29. The van der Waals surface area contributed by atoms with Crippen LogP contribution in [0.5, 0.6) is 0 Å². The van der Waals surface area contributed by atoms with Gasteiger partial charge in [0, 0.05) is 27.6 Å². The van der Waals surface area contributed by atoms with Gasteiger partial charge in [-0.15, -0.1) is 0 Å². The molecule has 1 N–H and O–H groups in total. The quantitative estimate of drug-likeness (QED) is 0.209. The molecule has 4 heteroatoms. The number of nitrogens with zero attached hydrogens (tertiary/aromatic N) is 1. The first-order valence-corrected chi connectivity index (χ1v) is 17.3. The molecule has 2 heterocycles. The van der Waals surface area contributed by atoms with E-state index >= 15 is 0 Å². The summed E-state index contributed by atoms with van der Waals surface area (Å²) in [6, 6.07) is 49.5. The molecule has 3 nitrogen and oxygen atoms in total. The first-order chi connectivity index (χ1) is 22.5. The molecule has 46 heavy (non-hydrogen) atoms. The molecule has 1 aromatic heterocycles. The molecule has 1 atom stereocenters. The molecule has 7 aromatic carbocycles. The van der Waals surface area contributed by atoms with E-state index in [1.54, 1.807) is 0 Å². The summed E-state index contributed by atoms with van der Waals surface area (Å²) in [4.78, 5) is 1.25. The van der Waals surface area contributed by atoms with Gasteiger partial charge in [0.25, 0.3) is 0 Å². The van der Waals surface area contributed by atoms with Crippen molar-refractivity contribution in [1.82, 2.24) is 4.57 Å². The van der Waals surface area contributed by atoms with E-state index in [1.807, 2.05) is 36.4 Å². The van der Waals surface area contributed by atoms with Crippen molar-refractivity contribution >= 4 is 42.3 Å². The van der Waals surface area contributed by atoms with Crippen LogP contribution in [0.15, 0.2) is 149 Å². The minimum absolute atomic E-state index is 0.623. The second kappa shape index (κ2) is 9.29. The Balaban J connectivity index is 1.02. The third kappa shape index (κ3) is 3.62. The molecule has 0 saturated heterocycles. The van der Waals surface area contributed by atoms with Gasteiger partial charge in [-0.3, -0.25) is 0 Å². The van der Waals surface area contributed by atoms with Crippen LogP contribution in [0.2, 0.25) is 0 Å². The van der Waals surface area contributed by atoms with Crippen LogP contribution < -0.4 is 0 Å². The average Bonchev–Trinajstić information content (AvgIpc) is 3.54. The van der Waals surface area contributed by atoms with Crippen molar-refractivity contribution in [2.75, 3.05) is 0 Å². The summed E-state index contributed by atoms with van der Waals surface area (Å²) >= 11 is 0. The van der Waals surface area contributed by atoms with E-state index in [1.165, 1.54) is 60.5 Å². The summed E-state index contributed by atoms with van der Waals surface area (Å²) in [6.45, 7) is 0. The molecule has 218 valence electrons. The predicted octanol–water partition coefficient (Wildman–Crippen LogP) is 10.5. The molecule has 1 unspecified atom stereocenters. The summed E-state index contributed by atoms with van der Waals surface area (Å²) in [5, 5.41) is 5.09. The molecule has 0 saturated carbocycles. The fraction of sp³-hybridized carbons (Fsp3) is 0.0476. The smallest absolute Gasteiger partial charge is 0.102 e. The van der Waals surface area contributed by atoms with Crippen molar-refractivity contribution < 1.29 is 4.21 Å². The Bertz CT molecular complexity index is 2660. The lowest BCUT2D eigenvalue weighted by atomic mass is 9.83. The van der Waals surface area contributed by atoms with Gasteiger partial charge in [0.1, 0.15) is 9.73 Å². The van der Waals surface area contributed by atoms with Crippen molar-refractivity contribution in [3.05, 3.63) is 162 Å². The molecule has 2 aliphatic rings. The van der Waals surface area contributed by atoms with E-state index in [0.717, 1.165) is 35.1 Å². The minimum atomic E-state index is -2.97. The summed E-state index contributed by atoms with van der Waals surface area (Å²) in [7, 11) is -2.97.